The lowest BCUT2D eigenvalue weighted by atomic mass is 10.0. The highest BCUT2D eigenvalue weighted by molar-refractivity contribution is 6.06. The largest absolute Gasteiger partial charge is 0.324 e. The third-order valence-electron chi connectivity index (χ3n) is 5.02. The van der Waals surface area contributed by atoms with Gasteiger partial charge in [-0.25, -0.2) is 15.0 Å². The van der Waals surface area contributed by atoms with Crippen molar-refractivity contribution in [3.8, 4) is 0 Å². The average Bonchev–Trinajstić information content (AvgIpc) is 2.77. The smallest absolute Gasteiger partial charge is 0.259 e. The molecule has 2 N–H and O–H groups in total. The Labute approximate surface area is 170 Å². The van der Waals surface area contributed by atoms with Crippen LogP contribution < -0.4 is 15.5 Å². The summed E-state index contributed by atoms with van der Waals surface area (Å²) in [6.07, 6.45) is 7.10. The summed E-state index contributed by atoms with van der Waals surface area (Å²) in [5.74, 6) is 1.21. The van der Waals surface area contributed by atoms with Gasteiger partial charge >= 0.3 is 0 Å². The Kier molecular flexibility index (Phi) is 5.76. The van der Waals surface area contributed by atoms with Crippen LogP contribution in [0.25, 0.3) is 0 Å². The molecule has 0 unspecified atom stereocenters. The first-order valence-corrected chi connectivity index (χ1v) is 9.82. The molecule has 1 saturated heterocycles. The third kappa shape index (κ3) is 4.41. The van der Waals surface area contributed by atoms with E-state index in [9.17, 15) is 4.79 Å². The number of carbonyl (C=O) groups is 1. The van der Waals surface area contributed by atoms with Crippen LogP contribution in [0, 0.1) is 6.92 Å². The minimum Gasteiger partial charge on any atom is -0.324 e. The zero-order chi connectivity index (χ0) is 20.1. The summed E-state index contributed by atoms with van der Waals surface area (Å²) in [6, 6.07) is 13.1. The number of nitrogens with one attached hydrogen (secondary N) is 2. The van der Waals surface area contributed by atoms with Gasteiger partial charge in [0.2, 0.25) is 5.95 Å². The molecule has 1 aliphatic rings. The van der Waals surface area contributed by atoms with Crippen molar-refractivity contribution < 1.29 is 4.79 Å². The van der Waals surface area contributed by atoms with Crippen molar-refractivity contribution in [1.82, 2.24) is 20.3 Å². The van der Waals surface area contributed by atoms with E-state index in [1.54, 1.807) is 24.7 Å². The van der Waals surface area contributed by atoms with Crippen LogP contribution in [-0.4, -0.2) is 40.0 Å². The van der Waals surface area contributed by atoms with Crippen LogP contribution in [0.3, 0.4) is 0 Å². The quantitative estimate of drug-likeness (QED) is 0.698. The van der Waals surface area contributed by atoms with E-state index in [1.165, 1.54) is 0 Å². The van der Waals surface area contributed by atoms with E-state index in [2.05, 4.69) is 25.6 Å². The van der Waals surface area contributed by atoms with Crippen molar-refractivity contribution in [2.75, 3.05) is 23.3 Å². The minimum atomic E-state index is -0.0389. The van der Waals surface area contributed by atoms with Crippen LogP contribution in [0.15, 0.2) is 61.1 Å². The van der Waals surface area contributed by atoms with Gasteiger partial charge in [-0.3, -0.25) is 9.69 Å². The number of benzene rings is 1. The Morgan fingerprint density at radius 2 is 1.83 bits per heavy atom. The lowest BCUT2D eigenvalue weighted by molar-refractivity contribution is 0.0971. The van der Waals surface area contributed by atoms with Crippen molar-refractivity contribution in [3.05, 3.63) is 72.2 Å². The van der Waals surface area contributed by atoms with E-state index in [1.807, 2.05) is 48.2 Å². The van der Waals surface area contributed by atoms with Crippen molar-refractivity contribution in [2.45, 2.75) is 25.8 Å². The van der Waals surface area contributed by atoms with E-state index in [4.69, 9.17) is 0 Å². The summed E-state index contributed by atoms with van der Waals surface area (Å²) in [5.41, 5.74) is 2.44. The second kappa shape index (κ2) is 8.79. The van der Waals surface area contributed by atoms with Gasteiger partial charge in [-0.15, -0.1) is 0 Å². The van der Waals surface area contributed by atoms with Gasteiger partial charge in [-0.05, 0) is 68.3 Å². The van der Waals surface area contributed by atoms with E-state index in [0.29, 0.717) is 11.5 Å². The molecule has 3 heterocycles. The summed E-state index contributed by atoms with van der Waals surface area (Å²) in [5, 5.41) is 6.54. The predicted molar refractivity (Wildman–Crippen MR) is 113 cm³/mol. The van der Waals surface area contributed by atoms with Crippen molar-refractivity contribution >= 4 is 23.4 Å². The predicted octanol–water partition coefficient (Wildman–Crippen LogP) is 3.32. The minimum absolute atomic E-state index is 0.0389. The van der Waals surface area contributed by atoms with Crippen LogP contribution in [0.1, 0.15) is 28.8 Å². The number of rotatable bonds is 5. The summed E-state index contributed by atoms with van der Waals surface area (Å²) in [6.45, 7) is 3.75. The second-order valence-electron chi connectivity index (χ2n) is 7.09. The highest BCUT2D eigenvalue weighted by atomic mass is 16.2. The molecular formula is C22H24N6O. The zero-order valence-corrected chi connectivity index (χ0v) is 16.4. The maximum atomic E-state index is 13.5. The fraction of sp³-hybridized carbons (Fsp3) is 0.273. The number of aryl methyl sites for hydroxylation is 1. The number of hydrogen-bond donors (Lipinski definition) is 2. The maximum Gasteiger partial charge on any atom is 0.259 e. The van der Waals surface area contributed by atoms with Crippen LogP contribution in [0.4, 0.5) is 17.5 Å². The van der Waals surface area contributed by atoms with Crippen molar-refractivity contribution in [1.29, 1.82) is 0 Å². The fourth-order valence-corrected chi connectivity index (χ4v) is 3.55. The number of piperidine rings is 1. The SMILES string of the molecule is Cc1cccnc1N(C(=O)c1ccc(Nc2ncccn2)cc1)[C@@H]1CCCNC1. The molecule has 3 aromatic rings. The molecule has 7 heteroatoms. The lowest BCUT2D eigenvalue weighted by Gasteiger charge is -2.34. The van der Waals surface area contributed by atoms with E-state index >= 15 is 0 Å². The van der Waals surface area contributed by atoms with Gasteiger partial charge in [-0.2, -0.15) is 0 Å². The Hall–Kier alpha value is -3.32. The standard InChI is InChI=1S/C22H24N6O/c1-16-5-2-12-24-20(16)28(19-6-3-11-23-15-19)21(29)17-7-9-18(10-8-17)27-22-25-13-4-14-26-22/h2,4-5,7-10,12-14,19,23H,3,6,11,15H2,1H3,(H,25,26,27)/t19-/m1/s1. The maximum absolute atomic E-state index is 13.5. The Morgan fingerprint density at radius 3 is 2.52 bits per heavy atom. The summed E-state index contributed by atoms with van der Waals surface area (Å²) in [7, 11) is 0. The molecule has 29 heavy (non-hydrogen) atoms. The van der Waals surface area contributed by atoms with Crippen LogP contribution in [0.2, 0.25) is 0 Å². The molecule has 4 rings (SSSR count). The molecule has 1 fully saturated rings. The summed E-state index contributed by atoms with van der Waals surface area (Å²) >= 11 is 0. The Balaban J connectivity index is 1.59. The van der Waals surface area contributed by atoms with Crippen LogP contribution in [-0.2, 0) is 0 Å². The molecule has 1 amide bonds. The van der Waals surface area contributed by atoms with Gasteiger partial charge in [-0.1, -0.05) is 6.07 Å². The first kappa shape index (κ1) is 19.0. The highest BCUT2D eigenvalue weighted by Gasteiger charge is 2.29. The van der Waals surface area contributed by atoms with Gasteiger partial charge in [0.1, 0.15) is 5.82 Å². The Morgan fingerprint density at radius 1 is 1.07 bits per heavy atom. The van der Waals surface area contributed by atoms with Crippen molar-refractivity contribution in [3.63, 3.8) is 0 Å². The topological polar surface area (TPSA) is 83.0 Å². The molecule has 1 aromatic carbocycles. The van der Waals surface area contributed by atoms with E-state index in [-0.39, 0.29) is 11.9 Å². The number of anilines is 3. The molecule has 2 aromatic heterocycles. The Bertz CT molecular complexity index is 955. The van der Waals surface area contributed by atoms with Gasteiger partial charge in [0.15, 0.2) is 0 Å². The molecule has 1 atom stereocenters. The molecule has 0 spiro atoms. The molecule has 1 aliphatic heterocycles. The van der Waals surface area contributed by atoms with Crippen molar-refractivity contribution in [2.24, 2.45) is 0 Å². The number of pyridine rings is 1. The van der Waals surface area contributed by atoms with Crippen LogP contribution in [0.5, 0.6) is 0 Å². The third-order valence-corrected chi connectivity index (χ3v) is 5.02. The van der Waals surface area contributed by atoms with Gasteiger partial charge in [0.05, 0.1) is 6.04 Å². The number of aromatic nitrogens is 3. The lowest BCUT2D eigenvalue weighted by Crippen LogP contribution is -2.49. The molecule has 7 nitrogen and oxygen atoms in total. The monoisotopic (exact) mass is 388 g/mol. The first-order valence-electron chi connectivity index (χ1n) is 9.82. The second-order valence-corrected chi connectivity index (χ2v) is 7.09. The summed E-state index contributed by atoms with van der Waals surface area (Å²) < 4.78 is 0. The number of hydrogen-bond acceptors (Lipinski definition) is 6. The number of nitrogens with zero attached hydrogens (tertiary/aromatic N) is 4. The van der Waals surface area contributed by atoms with E-state index in [0.717, 1.165) is 43.0 Å². The molecule has 148 valence electrons. The number of amides is 1. The van der Waals surface area contributed by atoms with Gasteiger partial charge in [0, 0.05) is 36.4 Å². The van der Waals surface area contributed by atoms with E-state index < -0.39 is 0 Å². The normalized spacial score (nSPS) is 16.2. The fourth-order valence-electron chi connectivity index (χ4n) is 3.55. The van der Waals surface area contributed by atoms with Crippen LogP contribution >= 0.6 is 0 Å². The summed E-state index contributed by atoms with van der Waals surface area (Å²) in [4.78, 5) is 28.2. The molecular weight excluding hydrogens is 364 g/mol. The van der Waals surface area contributed by atoms with Gasteiger partial charge in [0.25, 0.3) is 5.91 Å². The highest BCUT2D eigenvalue weighted by Crippen LogP contribution is 2.25. The molecule has 0 aliphatic carbocycles. The van der Waals surface area contributed by atoms with Gasteiger partial charge < -0.3 is 10.6 Å². The molecule has 0 bridgehead atoms. The average molecular weight is 388 g/mol. The first-order chi connectivity index (χ1) is 14.2. The molecule has 0 saturated carbocycles. The number of carbonyl (C=O) groups excluding carboxylic acids is 1. The molecule has 0 radical (unpaired) electrons. The zero-order valence-electron chi connectivity index (χ0n) is 16.4.